The third-order valence-corrected chi connectivity index (χ3v) is 4.39. The fourth-order valence-corrected chi connectivity index (χ4v) is 3.01. The molecule has 1 aliphatic rings. The van der Waals surface area contributed by atoms with E-state index in [1.165, 1.54) is 10.5 Å². The van der Waals surface area contributed by atoms with Crippen molar-refractivity contribution < 1.29 is 5.11 Å². The number of rotatable bonds is 4. The number of hydrogen-bond acceptors (Lipinski definition) is 3. The predicted molar refractivity (Wildman–Crippen MR) is 73.3 cm³/mol. The van der Waals surface area contributed by atoms with Gasteiger partial charge >= 0.3 is 0 Å². The average molecular weight is 251 g/mol. The van der Waals surface area contributed by atoms with Crippen LogP contribution in [0.4, 0.5) is 0 Å². The van der Waals surface area contributed by atoms with Crippen molar-refractivity contribution in [1.82, 2.24) is 4.90 Å². The van der Waals surface area contributed by atoms with Crippen molar-refractivity contribution >= 4 is 11.8 Å². The number of benzene rings is 1. The molecule has 0 saturated carbocycles. The van der Waals surface area contributed by atoms with Crippen LogP contribution in [0.15, 0.2) is 29.2 Å². The number of aliphatic hydroxyl groups excluding tert-OH is 1. The minimum atomic E-state index is 0.356. The number of hydrogen-bond donors (Lipinski definition) is 1. The summed E-state index contributed by atoms with van der Waals surface area (Å²) < 4.78 is 0. The Bertz CT molecular complexity index is 348. The Labute approximate surface area is 108 Å². The zero-order valence-corrected chi connectivity index (χ0v) is 11.2. The number of aliphatic hydroxyl groups is 1. The van der Waals surface area contributed by atoms with Crippen LogP contribution >= 0.6 is 11.8 Å². The summed E-state index contributed by atoms with van der Waals surface area (Å²) in [5, 5.41) is 9.13. The number of piperidine rings is 1. The van der Waals surface area contributed by atoms with E-state index in [0.29, 0.717) is 12.5 Å². The van der Waals surface area contributed by atoms with E-state index in [1.807, 2.05) is 11.8 Å². The van der Waals surface area contributed by atoms with Gasteiger partial charge in [0, 0.05) is 18.0 Å². The van der Waals surface area contributed by atoms with Gasteiger partial charge in [0.1, 0.15) is 0 Å². The van der Waals surface area contributed by atoms with Crippen LogP contribution in [-0.4, -0.2) is 36.0 Å². The second kappa shape index (κ2) is 6.43. The number of nitrogens with zero attached hydrogens (tertiary/aromatic N) is 1. The lowest BCUT2D eigenvalue weighted by molar-refractivity contribution is 0.127. The molecule has 0 aromatic heterocycles. The molecule has 2 rings (SSSR count). The molecule has 1 aliphatic heterocycles. The average Bonchev–Trinajstić information content (AvgIpc) is 2.40. The first-order chi connectivity index (χ1) is 8.33. The van der Waals surface area contributed by atoms with E-state index in [2.05, 4.69) is 35.4 Å². The highest BCUT2D eigenvalue weighted by molar-refractivity contribution is 7.98. The Balaban J connectivity index is 1.93. The molecule has 1 fully saturated rings. The maximum Gasteiger partial charge on any atom is 0.0460 e. The summed E-state index contributed by atoms with van der Waals surface area (Å²) in [6.07, 6.45) is 4.41. The molecule has 0 bridgehead atoms. The van der Waals surface area contributed by atoms with Crippen LogP contribution in [0.2, 0.25) is 0 Å². The lowest BCUT2D eigenvalue weighted by Gasteiger charge is -2.31. The highest BCUT2D eigenvalue weighted by Crippen LogP contribution is 2.24. The molecule has 0 aliphatic carbocycles. The fourth-order valence-electron chi connectivity index (χ4n) is 2.40. The van der Waals surface area contributed by atoms with Crippen molar-refractivity contribution in [3.05, 3.63) is 29.8 Å². The van der Waals surface area contributed by atoms with Gasteiger partial charge in [-0.05, 0) is 49.7 Å². The van der Waals surface area contributed by atoms with Crippen LogP contribution in [0.1, 0.15) is 18.4 Å². The molecule has 0 amide bonds. The van der Waals surface area contributed by atoms with Crippen LogP contribution in [0, 0.1) is 5.92 Å². The van der Waals surface area contributed by atoms with Gasteiger partial charge in [-0.25, -0.2) is 0 Å². The van der Waals surface area contributed by atoms with E-state index in [4.69, 9.17) is 5.11 Å². The third-order valence-electron chi connectivity index (χ3n) is 3.55. The van der Waals surface area contributed by atoms with E-state index in [-0.39, 0.29) is 0 Å². The molecule has 17 heavy (non-hydrogen) atoms. The second-order valence-electron chi connectivity index (χ2n) is 4.71. The highest BCUT2D eigenvalue weighted by atomic mass is 32.2. The van der Waals surface area contributed by atoms with E-state index < -0.39 is 0 Å². The van der Waals surface area contributed by atoms with Gasteiger partial charge < -0.3 is 5.11 Å². The first kappa shape index (κ1) is 12.9. The van der Waals surface area contributed by atoms with Gasteiger partial charge in [-0.2, -0.15) is 0 Å². The topological polar surface area (TPSA) is 23.5 Å². The molecular formula is C14H21NOS. The van der Waals surface area contributed by atoms with Crippen molar-refractivity contribution in [1.29, 1.82) is 0 Å². The molecule has 1 aromatic rings. The first-order valence-corrected chi connectivity index (χ1v) is 7.51. The summed E-state index contributed by atoms with van der Waals surface area (Å²) >= 11 is 1.82. The van der Waals surface area contributed by atoms with Crippen LogP contribution in [0.5, 0.6) is 0 Å². The second-order valence-corrected chi connectivity index (χ2v) is 5.56. The van der Waals surface area contributed by atoms with E-state index in [9.17, 15) is 0 Å². The monoisotopic (exact) mass is 251 g/mol. The van der Waals surface area contributed by atoms with Crippen molar-refractivity contribution in [2.24, 2.45) is 5.92 Å². The summed E-state index contributed by atoms with van der Waals surface area (Å²) in [6.45, 7) is 3.65. The minimum Gasteiger partial charge on any atom is -0.396 e. The summed E-state index contributed by atoms with van der Waals surface area (Å²) in [5.41, 5.74) is 1.43. The Hall–Kier alpha value is -0.510. The zero-order valence-electron chi connectivity index (χ0n) is 10.4. The third kappa shape index (κ3) is 3.47. The van der Waals surface area contributed by atoms with Gasteiger partial charge in [0.25, 0.3) is 0 Å². The number of thioether (sulfide) groups is 1. The molecule has 0 spiro atoms. The molecule has 3 heteroatoms. The highest BCUT2D eigenvalue weighted by Gasteiger charge is 2.18. The van der Waals surface area contributed by atoms with Crippen LogP contribution in [-0.2, 0) is 6.54 Å². The van der Waals surface area contributed by atoms with Gasteiger partial charge in [0.15, 0.2) is 0 Å². The van der Waals surface area contributed by atoms with Crippen molar-refractivity contribution in [2.45, 2.75) is 24.3 Å². The first-order valence-electron chi connectivity index (χ1n) is 6.28. The fraction of sp³-hybridized carbons (Fsp3) is 0.571. The smallest absolute Gasteiger partial charge is 0.0460 e. The molecule has 1 aromatic carbocycles. The molecule has 1 N–H and O–H groups in total. The Kier molecular flexibility index (Phi) is 4.89. The lowest BCUT2D eigenvalue weighted by atomic mass is 9.97. The van der Waals surface area contributed by atoms with E-state index in [0.717, 1.165) is 32.5 Å². The van der Waals surface area contributed by atoms with E-state index >= 15 is 0 Å². The zero-order chi connectivity index (χ0) is 12.1. The summed E-state index contributed by atoms with van der Waals surface area (Å²) in [5.74, 6) is 0.530. The predicted octanol–water partition coefficient (Wildman–Crippen LogP) is 2.61. The van der Waals surface area contributed by atoms with Gasteiger partial charge in [0.05, 0.1) is 0 Å². The summed E-state index contributed by atoms with van der Waals surface area (Å²) in [4.78, 5) is 3.89. The Morgan fingerprint density at radius 2 is 2.00 bits per heavy atom. The number of likely N-dealkylation sites (tertiary alicyclic amines) is 1. The maximum absolute atomic E-state index is 9.13. The normalized spacial score (nSPS) is 18.5. The largest absolute Gasteiger partial charge is 0.396 e. The van der Waals surface area contributed by atoms with Crippen LogP contribution in [0.25, 0.3) is 0 Å². The van der Waals surface area contributed by atoms with Gasteiger partial charge in [-0.3, -0.25) is 4.90 Å². The van der Waals surface area contributed by atoms with Gasteiger partial charge in [-0.15, -0.1) is 11.8 Å². The Morgan fingerprint density at radius 1 is 1.29 bits per heavy atom. The SMILES string of the molecule is CSc1ccccc1CN1CCC(CO)CC1. The quantitative estimate of drug-likeness (QED) is 0.832. The lowest BCUT2D eigenvalue weighted by Crippen LogP contribution is -2.34. The minimum absolute atomic E-state index is 0.356. The molecular weight excluding hydrogens is 230 g/mol. The maximum atomic E-state index is 9.13. The molecule has 0 atom stereocenters. The molecule has 0 unspecified atom stereocenters. The van der Waals surface area contributed by atoms with Crippen molar-refractivity contribution in [2.75, 3.05) is 26.0 Å². The molecule has 1 heterocycles. The molecule has 2 nitrogen and oxygen atoms in total. The molecule has 0 radical (unpaired) electrons. The summed E-state index contributed by atoms with van der Waals surface area (Å²) in [7, 11) is 0. The standard InChI is InChI=1S/C14H21NOS/c1-17-14-5-3-2-4-13(14)10-15-8-6-12(11-16)7-9-15/h2-5,12,16H,6-11H2,1H3. The van der Waals surface area contributed by atoms with Gasteiger partial charge in [0.2, 0.25) is 0 Å². The van der Waals surface area contributed by atoms with Crippen molar-refractivity contribution in [3.8, 4) is 0 Å². The molecule has 94 valence electrons. The van der Waals surface area contributed by atoms with E-state index in [1.54, 1.807) is 0 Å². The van der Waals surface area contributed by atoms with Crippen LogP contribution < -0.4 is 0 Å². The van der Waals surface area contributed by atoms with Crippen LogP contribution in [0.3, 0.4) is 0 Å². The Morgan fingerprint density at radius 3 is 2.65 bits per heavy atom. The summed E-state index contributed by atoms with van der Waals surface area (Å²) in [6, 6.07) is 8.65. The van der Waals surface area contributed by atoms with Crippen molar-refractivity contribution in [3.63, 3.8) is 0 Å². The molecule has 1 saturated heterocycles. The van der Waals surface area contributed by atoms with Gasteiger partial charge in [-0.1, -0.05) is 18.2 Å².